The van der Waals surface area contributed by atoms with Crippen LogP contribution in [0.1, 0.15) is 21.6 Å². The van der Waals surface area contributed by atoms with E-state index >= 15 is 0 Å². The van der Waals surface area contributed by atoms with Crippen LogP contribution < -0.4 is 0 Å². The number of aromatic amines is 1. The molecule has 1 N–H and O–H groups in total. The van der Waals surface area contributed by atoms with Crippen LogP contribution in [0.25, 0.3) is 22.7 Å². The Balaban J connectivity index is 1.83. The number of aromatic nitrogens is 1. The molecule has 20 heavy (non-hydrogen) atoms. The minimum absolute atomic E-state index is 0.289. The van der Waals surface area contributed by atoms with Crippen molar-refractivity contribution in [3.8, 4) is 0 Å². The largest absolute Gasteiger partial charge is 0.422 e. The number of para-hydroxylation sites is 1. The van der Waals surface area contributed by atoms with Crippen molar-refractivity contribution < 1.29 is 9.53 Å². The molecular formula is C17H11NO2. The van der Waals surface area contributed by atoms with Crippen LogP contribution in [0.15, 0.2) is 54.6 Å². The van der Waals surface area contributed by atoms with Crippen molar-refractivity contribution in [3.05, 3.63) is 71.4 Å². The van der Waals surface area contributed by atoms with Gasteiger partial charge >= 0.3 is 5.97 Å². The average Bonchev–Trinajstić information content (AvgIpc) is 3.01. The molecule has 3 aromatic rings. The summed E-state index contributed by atoms with van der Waals surface area (Å²) in [5, 5.41) is 1.14. The Morgan fingerprint density at radius 1 is 0.950 bits per heavy atom. The highest BCUT2D eigenvalue weighted by molar-refractivity contribution is 6.05. The van der Waals surface area contributed by atoms with E-state index in [0.717, 1.165) is 22.2 Å². The van der Waals surface area contributed by atoms with Crippen LogP contribution in [0.4, 0.5) is 0 Å². The molecule has 1 aromatic heterocycles. The van der Waals surface area contributed by atoms with Gasteiger partial charge in [-0.3, -0.25) is 0 Å². The number of carbonyl (C=O) groups excluding carboxylic acids is 1. The number of hydrogen-bond donors (Lipinski definition) is 1. The van der Waals surface area contributed by atoms with Crippen molar-refractivity contribution in [2.24, 2.45) is 0 Å². The lowest BCUT2D eigenvalue weighted by atomic mass is 10.1. The van der Waals surface area contributed by atoms with E-state index in [1.54, 1.807) is 6.07 Å². The van der Waals surface area contributed by atoms with Crippen LogP contribution in [0.5, 0.6) is 0 Å². The SMILES string of the molecule is O=C1OC(=Cc2cc3ccccc3[nH]2)c2ccccc21. The number of rotatable bonds is 1. The topological polar surface area (TPSA) is 42.1 Å². The van der Waals surface area contributed by atoms with Crippen molar-refractivity contribution in [1.82, 2.24) is 4.98 Å². The van der Waals surface area contributed by atoms with Crippen LogP contribution in [-0.2, 0) is 4.74 Å². The van der Waals surface area contributed by atoms with E-state index in [1.165, 1.54) is 0 Å². The van der Waals surface area contributed by atoms with E-state index in [9.17, 15) is 4.79 Å². The van der Waals surface area contributed by atoms with Crippen LogP contribution in [0.2, 0.25) is 0 Å². The molecule has 3 heteroatoms. The summed E-state index contributed by atoms with van der Waals surface area (Å²) in [5.74, 6) is 0.306. The lowest BCUT2D eigenvalue weighted by molar-refractivity contribution is 0.0717. The molecule has 0 amide bonds. The lowest BCUT2D eigenvalue weighted by Gasteiger charge is -1.96. The Morgan fingerprint density at radius 2 is 1.70 bits per heavy atom. The van der Waals surface area contributed by atoms with Gasteiger partial charge in [-0.1, -0.05) is 36.4 Å². The number of esters is 1. The highest BCUT2D eigenvalue weighted by atomic mass is 16.5. The zero-order chi connectivity index (χ0) is 13.5. The molecule has 0 aliphatic carbocycles. The van der Waals surface area contributed by atoms with Gasteiger partial charge in [0.05, 0.1) is 5.56 Å². The standard InChI is InChI=1S/C17H11NO2/c19-17-14-7-3-2-6-13(14)16(20-17)10-12-9-11-5-1-4-8-15(11)18-12/h1-10,18H. The monoisotopic (exact) mass is 261 g/mol. The van der Waals surface area contributed by atoms with E-state index in [2.05, 4.69) is 4.98 Å². The molecule has 3 nitrogen and oxygen atoms in total. The molecular weight excluding hydrogens is 250 g/mol. The van der Waals surface area contributed by atoms with E-state index < -0.39 is 0 Å². The summed E-state index contributed by atoms with van der Waals surface area (Å²) in [5.41, 5.74) is 3.45. The van der Waals surface area contributed by atoms with E-state index in [-0.39, 0.29) is 5.97 Å². The van der Waals surface area contributed by atoms with E-state index in [4.69, 9.17) is 4.74 Å². The minimum Gasteiger partial charge on any atom is -0.422 e. The Morgan fingerprint density at radius 3 is 2.55 bits per heavy atom. The molecule has 0 atom stereocenters. The highest BCUT2D eigenvalue weighted by Gasteiger charge is 2.25. The molecule has 1 aliphatic rings. The highest BCUT2D eigenvalue weighted by Crippen LogP contribution is 2.31. The van der Waals surface area contributed by atoms with Crippen molar-refractivity contribution in [2.75, 3.05) is 0 Å². The maximum absolute atomic E-state index is 11.8. The zero-order valence-corrected chi connectivity index (χ0v) is 10.6. The first-order valence-corrected chi connectivity index (χ1v) is 6.42. The fourth-order valence-electron chi connectivity index (χ4n) is 2.51. The van der Waals surface area contributed by atoms with Crippen LogP contribution in [0.3, 0.4) is 0 Å². The summed E-state index contributed by atoms with van der Waals surface area (Å²) in [6.45, 7) is 0. The first-order chi connectivity index (χ1) is 9.81. The van der Waals surface area contributed by atoms with Crippen LogP contribution in [0, 0.1) is 0 Å². The van der Waals surface area contributed by atoms with E-state index in [1.807, 2.05) is 54.6 Å². The van der Waals surface area contributed by atoms with Crippen molar-refractivity contribution in [1.29, 1.82) is 0 Å². The predicted molar refractivity (Wildman–Crippen MR) is 78.0 cm³/mol. The van der Waals surface area contributed by atoms with Crippen LogP contribution in [-0.4, -0.2) is 11.0 Å². The van der Waals surface area contributed by atoms with Crippen molar-refractivity contribution >= 4 is 28.7 Å². The Bertz CT molecular complexity index is 825. The van der Waals surface area contributed by atoms with Gasteiger partial charge in [-0.05, 0) is 23.6 Å². The summed E-state index contributed by atoms with van der Waals surface area (Å²) in [4.78, 5) is 15.1. The number of nitrogens with one attached hydrogen (secondary N) is 1. The Kier molecular flexibility index (Phi) is 2.27. The normalized spacial score (nSPS) is 15.6. The van der Waals surface area contributed by atoms with E-state index in [0.29, 0.717) is 11.3 Å². The molecule has 2 aromatic carbocycles. The van der Waals surface area contributed by atoms with Gasteiger partial charge in [-0.15, -0.1) is 0 Å². The number of carbonyl (C=O) groups is 1. The maximum Gasteiger partial charge on any atom is 0.344 e. The van der Waals surface area contributed by atoms with Gasteiger partial charge in [0.2, 0.25) is 0 Å². The van der Waals surface area contributed by atoms with Gasteiger partial charge in [0.25, 0.3) is 0 Å². The molecule has 0 saturated heterocycles. The third-order valence-corrected chi connectivity index (χ3v) is 3.45. The summed E-state index contributed by atoms with van der Waals surface area (Å²) in [6, 6.07) is 17.5. The summed E-state index contributed by atoms with van der Waals surface area (Å²) in [6.07, 6.45) is 1.86. The van der Waals surface area contributed by atoms with Crippen LogP contribution >= 0.6 is 0 Å². The second kappa shape index (κ2) is 4.10. The minimum atomic E-state index is -0.289. The summed E-state index contributed by atoms with van der Waals surface area (Å²) < 4.78 is 5.33. The molecule has 0 spiro atoms. The number of ether oxygens (including phenoxy) is 1. The second-order valence-corrected chi connectivity index (χ2v) is 4.76. The average molecular weight is 261 g/mol. The first-order valence-electron chi connectivity index (χ1n) is 6.42. The molecule has 2 heterocycles. The van der Waals surface area contributed by atoms with Gasteiger partial charge in [0.15, 0.2) is 0 Å². The second-order valence-electron chi connectivity index (χ2n) is 4.76. The third kappa shape index (κ3) is 1.64. The van der Waals surface area contributed by atoms with Crippen molar-refractivity contribution in [2.45, 2.75) is 0 Å². The molecule has 0 bridgehead atoms. The molecule has 1 aliphatic heterocycles. The van der Waals surface area contributed by atoms with Gasteiger partial charge in [0, 0.05) is 22.9 Å². The molecule has 0 unspecified atom stereocenters. The molecule has 0 radical (unpaired) electrons. The number of hydrogen-bond acceptors (Lipinski definition) is 2. The number of benzene rings is 2. The molecule has 4 rings (SSSR count). The first kappa shape index (κ1) is 11.1. The third-order valence-electron chi connectivity index (χ3n) is 3.45. The fraction of sp³-hybridized carbons (Fsp3) is 0. The van der Waals surface area contributed by atoms with Crippen molar-refractivity contribution in [3.63, 3.8) is 0 Å². The fourth-order valence-corrected chi connectivity index (χ4v) is 2.51. The van der Waals surface area contributed by atoms with Gasteiger partial charge in [-0.25, -0.2) is 4.79 Å². The Hall–Kier alpha value is -2.81. The van der Waals surface area contributed by atoms with Gasteiger partial charge < -0.3 is 9.72 Å². The number of cyclic esters (lactones) is 1. The predicted octanol–water partition coefficient (Wildman–Crippen LogP) is 3.84. The number of fused-ring (bicyclic) bond motifs is 2. The van der Waals surface area contributed by atoms with Gasteiger partial charge in [0.1, 0.15) is 5.76 Å². The van der Waals surface area contributed by atoms with Gasteiger partial charge in [-0.2, -0.15) is 0 Å². The smallest absolute Gasteiger partial charge is 0.344 e. The molecule has 0 fully saturated rings. The lowest BCUT2D eigenvalue weighted by Crippen LogP contribution is -1.92. The zero-order valence-electron chi connectivity index (χ0n) is 10.6. The summed E-state index contributed by atoms with van der Waals surface area (Å²) >= 11 is 0. The maximum atomic E-state index is 11.8. The number of H-pyrrole nitrogens is 1. The summed E-state index contributed by atoms with van der Waals surface area (Å²) in [7, 11) is 0. The molecule has 96 valence electrons. The Labute approximate surface area is 115 Å². The molecule has 0 saturated carbocycles. The quantitative estimate of drug-likeness (QED) is 0.676.